The second-order valence-electron chi connectivity index (χ2n) is 6.39. The fraction of sp³-hybridized carbons (Fsp3) is 0.643. The average molecular weight is 245 g/mol. The second kappa shape index (κ2) is 3.81. The molecule has 3 rings (SSSR count). The molecule has 1 aliphatic carbocycles. The van der Waals surface area contributed by atoms with Gasteiger partial charge in [0.2, 0.25) is 0 Å². The first-order valence-corrected chi connectivity index (χ1v) is 6.67. The maximum absolute atomic E-state index is 6.09. The minimum atomic E-state index is -0.227. The van der Waals surface area contributed by atoms with Crippen molar-refractivity contribution in [3.8, 4) is 0 Å². The Kier molecular flexibility index (Phi) is 2.58. The van der Waals surface area contributed by atoms with Crippen molar-refractivity contribution in [2.24, 2.45) is 0 Å². The molecule has 1 aliphatic heterocycles. The van der Waals surface area contributed by atoms with Crippen LogP contribution in [0.15, 0.2) is 24.4 Å². The van der Waals surface area contributed by atoms with E-state index < -0.39 is 0 Å². The third-order valence-electron chi connectivity index (χ3n) is 4.53. The molecule has 1 aromatic rings. The Morgan fingerprint density at radius 2 is 1.83 bits per heavy atom. The zero-order valence-corrected chi connectivity index (χ0v) is 11.5. The summed E-state index contributed by atoms with van der Waals surface area (Å²) in [5.41, 5.74) is 0.710. The van der Waals surface area contributed by atoms with Gasteiger partial charge in [0.05, 0.1) is 11.2 Å². The van der Waals surface area contributed by atoms with E-state index in [2.05, 4.69) is 38.7 Å². The largest absolute Gasteiger partial charge is 0.461 e. The zero-order valence-electron chi connectivity index (χ0n) is 11.5. The lowest BCUT2D eigenvalue weighted by Crippen LogP contribution is -2.41. The normalized spacial score (nSPS) is 32.6. The van der Waals surface area contributed by atoms with Crippen molar-refractivity contribution in [3.05, 3.63) is 30.1 Å². The molecule has 18 heavy (non-hydrogen) atoms. The Balaban J connectivity index is 1.70. The van der Waals surface area contributed by atoms with E-state index in [1.807, 2.05) is 18.3 Å². The summed E-state index contributed by atoms with van der Waals surface area (Å²) in [5.74, 6) is 0.960. The summed E-state index contributed by atoms with van der Waals surface area (Å²) in [6, 6.07) is 6.09. The van der Waals surface area contributed by atoms with Crippen LogP contribution in [0.5, 0.6) is 0 Å². The average Bonchev–Trinajstić information content (AvgIpc) is 3.04. The third-order valence-corrected chi connectivity index (χ3v) is 4.53. The van der Waals surface area contributed by atoms with Crippen molar-refractivity contribution in [3.63, 3.8) is 0 Å². The molecule has 2 aliphatic rings. The summed E-state index contributed by atoms with van der Waals surface area (Å²) >= 11 is 0. The van der Waals surface area contributed by atoms with Crippen LogP contribution in [0.1, 0.15) is 45.7 Å². The highest BCUT2D eigenvalue weighted by atomic mass is 16.7. The van der Waals surface area contributed by atoms with Gasteiger partial charge in [-0.25, -0.2) is 0 Å². The molecular weight excluding hydrogens is 225 g/mol. The molecule has 0 unspecified atom stereocenters. The highest BCUT2D eigenvalue weighted by Crippen LogP contribution is 2.57. The summed E-state index contributed by atoms with van der Waals surface area (Å²) in [6.45, 7) is 8.41. The smallest absolute Gasteiger partial charge is 0.403 e. The standard InChI is InChI=1S/C14H20BNO2/c1-13(2)14(3,4)18-15(17-13)11-9-10(11)12-7-5-6-8-16-12/h5-8,10-11H,9H2,1-4H3/t10-,11-/m0/s1. The zero-order chi connectivity index (χ0) is 13.0. The molecule has 1 saturated carbocycles. The molecule has 0 radical (unpaired) electrons. The van der Waals surface area contributed by atoms with Gasteiger partial charge in [-0.3, -0.25) is 4.98 Å². The van der Waals surface area contributed by atoms with Crippen LogP contribution in [0.25, 0.3) is 0 Å². The number of hydrogen-bond donors (Lipinski definition) is 0. The molecule has 0 aromatic carbocycles. The number of hydrogen-bond acceptors (Lipinski definition) is 3. The minimum absolute atomic E-state index is 0.0815. The number of rotatable bonds is 2. The first kappa shape index (κ1) is 12.2. The Labute approximate surface area is 109 Å². The van der Waals surface area contributed by atoms with E-state index in [-0.39, 0.29) is 18.3 Å². The molecule has 0 bridgehead atoms. The third kappa shape index (κ3) is 1.88. The summed E-state index contributed by atoms with van der Waals surface area (Å²) in [4.78, 5) is 4.42. The monoisotopic (exact) mass is 245 g/mol. The van der Waals surface area contributed by atoms with Gasteiger partial charge in [0.1, 0.15) is 0 Å². The quantitative estimate of drug-likeness (QED) is 0.750. The van der Waals surface area contributed by atoms with Crippen molar-refractivity contribution in [2.75, 3.05) is 0 Å². The molecule has 0 spiro atoms. The molecule has 0 amide bonds. The molecule has 2 heterocycles. The SMILES string of the molecule is CC1(C)OB([C@H]2C[C@@H]2c2ccccn2)OC1(C)C. The Morgan fingerprint density at radius 3 is 2.39 bits per heavy atom. The fourth-order valence-corrected chi connectivity index (χ4v) is 2.51. The maximum Gasteiger partial charge on any atom is 0.461 e. The van der Waals surface area contributed by atoms with E-state index in [4.69, 9.17) is 9.31 Å². The fourth-order valence-electron chi connectivity index (χ4n) is 2.51. The van der Waals surface area contributed by atoms with Crippen molar-refractivity contribution in [2.45, 2.75) is 57.1 Å². The molecular formula is C14H20BNO2. The van der Waals surface area contributed by atoms with Gasteiger partial charge in [-0.1, -0.05) is 6.07 Å². The van der Waals surface area contributed by atoms with Crippen molar-refractivity contribution in [1.29, 1.82) is 0 Å². The highest BCUT2D eigenvalue weighted by molar-refractivity contribution is 6.49. The molecule has 1 saturated heterocycles. The Bertz CT molecular complexity index is 430. The maximum atomic E-state index is 6.09. The predicted molar refractivity (Wildman–Crippen MR) is 71.4 cm³/mol. The second-order valence-corrected chi connectivity index (χ2v) is 6.39. The number of aromatic nitrogens is 1. The van der Waals surface area contributed by atoms with Crippen LogP contribution in [0, 0.1) is 0 Å². The van der Waals surface area contributed by atoms with E-state index in [1.54, 1.807) is 0 Å². The molecule has 96 valence electrons. The first-order chi connectivity index (χ1) is 8.41. The van der Waals surface area contributed by atoms with Gasteiger partial charge in [-0.2, -0.15) is 0 Å². The van der Waals surface area contributed by atoms with E-state index >= 15 is 0 Å². The van der Waals surface area contributed by atoms with E-state index in [1.165, 1.54) is 0 Å². The van der Waals surface area contributed by atoms with Crippen molar-refractivity contribution >= 4 is 7.12 Å². The Hall–Kier alpha value is -0.865. The summed E-state index contributed by atoms with van der Waals surface area (Å²) < 4.78 is 12.2. The first-order valence-electron chi connectivity index (χ1n) is 6.67. The molecule has 4 heteroatoms. The summed E-state index contributed by atoms with van der Waals surface area (Å²) in [5, 5.41) is 0. The van der Waals surface area contributed by atoms with E-state index in [0.29, 0.717) is 11.7 Å². The van der Waals surface area contributed by atoms with E-state index in [9.17, 15) is 0 Å². The highest BCUT2D eigenvalue weighted by Gasteiger charge is 2.60. The predicted octanol–water partition coefficient (Wildman–Crippen LogP) is 3.03. The lowest BCUT2D eigenvalue weighted by molar-refractivity contribution is 0.00578. The summed E-state index contributed by atoms with van der Waals surface area (Å²) in [6.07, 6.45) is 2.97. The molecule has 2 atom stereocenters. The van der Waals surface area contributed by atoms with Crippen molar-refractivity contribution < 1.29 is 9.31 Å². The van der Waals surface area contributed by atoms with Gasteiger partial charge in [0, 0.05) is 23.6 Å². The van der Waals surface area contributed by atoms with Crippen LogP contribution in [-0.2, 0) is 9.31 Å². The van der Waals surface area contributed by atoms with Crippen LogP contribution < -0.4 is 0 Å². The minimum Gasteiger partial charge on any atom is -0.403 e. The van der Waals surface area contributed by atoms with Gasteiger partial charge in [0.25, 0.3) is 0 Å². The Morgan fingerprint density at radius 1 is 1.17 bits per heavy atom. The molecule has 0 N–H and O–H groups in total. The van der Waals surface area contributed by atoms with E-state index in [0.717, 1.165) is 12.1 Å². The molecule has 3 nitrogen and oxygen atoms in total. The van der Waals surface area contributed by atoms with Crippen LogP contribution in [0.2, 0.25) is 5.82 Å². The topological polar surface area (TPSA) is 31.4 Å². The lowest BCUT2D eigenvalue weighted by Gasteiger charge is -2.32. The van der Waals surface area contributed by atoms with Gasteiger partial charge in [-0.05, 0) is 46.2 Å². The van der Waals surface area contributed by atoms with Gasteiger partial charge < -0.3 is 9.31 Å². The number of pyridine rings is 1. The van der Waals surface area contributed by atoms with Gasteiger partial charge in [0.15, 0.2) is 0 Å². The van der Waals surface area contributed by atoms with Crippen LogP contribution >= 0.6 is 0 Å². The molecule has 1 aromatic heterocycles. The lowest BCUT2D eigenvalue weighted by atomic mass is 9.80. The molecule has 2 fully saturated rings. The number of nitrogens with zero attached hydrogens (tertiary/aromatic N) is 1. The van der Waals surface area contributed by atoms with Crippen LogP contribution in [0.3, 0.4) is 0 Å². The van der Waals surface area contributed by atoms with Gasteiger partial charge in [-0.15, -0.1) is 0 Å². The summed E-state index contributed by atoms with van der Waals surface area (Å²) in [7, 11) is -0.0815. The van der Waals surface area contributed by atoms with Crippen LogP contribution in [0.4, 0.5) is 0 Å². The van der Waals surface area contributed by atoms with Crippen molar-refractivity contribution in [1.82, 2.24) is 4.98 Å². The van der Waals surface area contributed by atoms with Gasteiger partial charge >= 0.3 is 7.12 Å². The van der Waals surface area contributed by atoms with Crippen LogP contribution in [-0.4, -0.2) is 23.3 Å².